The molecule has 1 atom stereocenters. The molecule has 328 valence electrons. The van der Waals surface area contributed by atoms with E-state index in [9.17, 15) is 14.4 Å². The first kappa shape index (κ1) is 54.1. The molecule has 57 heavy (non-hydrogen) atoms. The van der Waals surface area contributed by atoms with Gasteiger partial charge in [-0.3, -0.25) is 14.4 Å². The lowest BCUT2D eigenvalue weighted by Crippen LogP contribution is -2.30. The van der Waals surface area contributed by atoms with Gasteiger partial charge in [0.25, 0.3) is 0 Å². The predicted molar refractivity (Wildman–Crippen MR) is 242 cm³/mol. The molecule has 0 fully saturated rings. The van der Waals surface area contributed by atoms with Crippen LogP contribution in [0, 0.1) is 0 Å². The highest BCUT2D eigenvalue weighted by molar-refractivity contribution is 5.71. The lowest BCUT2D eigenvalue weighted by Gasteiger charge is -2.18. The number of allylic oxidation sites excluding steroid dienone is 10. The molecule has 0 aliphatic heterocycles. The molecule has 0 aromatic heterocycles. The monoisotopic (exact) mass is 797 g/mol. The molecule has 0 rings (SSSR count). The van der Waals surface area contributed by atoms with E-state index in [1.807, 2.05) is 0 Å². The molecule has 0 heterocycles. The predicted octanol–water partition coefficient (Wildman–Crippen LogP) is 15.3. The summed E-state index contributed by atoms with van der Waals surface area (Å²) in [6.07, 6.45) is 54.9. The maximum Gasteiger partial charge on any atom is 0.306 e. The lowest BCUT2D eigenvalue weighted by atomic mass is 10.0. The van der Waals surface area contributed by atoms with E-state index < -0.39 is 6.10 Å². The van der Waals surface area contributed by atoms with Gasteiger partial charge >= 0.3 is 17.9 Å². The van der Waals surface area contributed by atoms with E-state index in [0.29, 0.717) is 19.3 Å². The molecule has 0 saturated heterocycles. The SMILES string of the molecule is CC/C=C\C/C=C\C/C=C\C/C=C\C/C=C\CCCCCC(=O)OCC(COC(=O)CCCCCCCCCC)OC(=O)CCCCCCCCCCCCCC. The molecular weight excluding hydrogens is 709 g/mol. The Balaban J connectivity index is 4.36. The highest BCUT2D eigenvalue weighted by atomic mass is 16.6. The second kappa shape index (κ2) is 45.8. The fourth-order valence-corrected chi connectivity index (χ4v) is 6.47. The van der Waals surface area contributed by atoms with E-state index in [1.54, 1.807) is 0 Å². The summed E-state index contributed by atoms with van der Waals surface area (Å²) in [7, 11) is 0. The number of hydrogen-bond donors (Lipinski definition) is 0. The van der Waals surface area contributed by atoms with E-state index in [0.717, 1.165) is 96.3 Å². The van der Waals surface area contributed by atoms with Gasteiger partial charge in [-0.15, -0.1) is 0 Å². The molecule has 0 aliphatic rings. The van der Waals surface area contributed by atoms with Crippen molar-refractivity contribution in [3.05, 3.63) is 60.8 Å². The largest absolute Gasteiger partial charge is 0.462 e. The Bertz CT molecular complexity index is 1050. The summed E-state index contributed by atoms with van der Waals surface area (Å²) in [4.78, 5) is 37.7. The third-order valence-corrected chi connectivity index (χ3v) is 10.0. The van der Waals surface area contributed by atoms with Gasteiger partial charge in [0.1, 0.15) is 13.2 Å². The van der Waals surface area contributed by atoms with Crippen molar-refractivity contribution >= 4 is 17.9 Å². The molecule has 1 unspecified atom stereocenters. The summed E-state index contributed by atoms with van der Waals surface area (Å²) in [5, 5.41) is 0. The zero-order valence-corrected chi connectivity index (χ0v) is 37.3. The van der Waals surface area contributed by atoms with Crippen LogP contribution in [0.5, 0.6) is 0 Å². The summed E-state index contributed by atoms with van der Waals surface area (Å²) < 4.78 is 16.7. The van der Waals surface area contributed by atoms with Crippen LogP contribution in [-0.2, 0) is 28.6 Å². The quantitative estimate of drug-likeness (QED) is 0.0265. The highest BCUT2D eigenvalue weighted by Crippen LogP contribution is 2.14. The zero-order chi connectivity index (χ0) is 41.5. The van der Waals surface area contributed by atoms with Gasteiger partial charge in [0, 0.05) is 19.3 Å². The Morgan fingerprint density at radius 3 is 1.07 bits per heavy atom. The fraction of sp³-hybridized carbons (Fsp3) is 0.745. The van der Waals surface area contributed by atoms with Crippen LogP contribution in [0.25, 0.3) is 0 Å². The molecule has 6 nitrogen and oxygen atoms in total. The van der Waals surface area contributed by atoms with Crippen LogP contribution in [0.2, 0.25) is 0 Å². The van der Waals surface area contributed by atoms with Crippen LogP contribution in [0.4, 0.5) is 0 Å². The van der Waals surface area contributed by atoms with E-state index >= 15 is 0 Å². The van der Waals surface area contributed by atoms with Gasteiger partial charge in [-0.1, -0.05) is 204 Å². The number of carbonyl (C=O) groups excluding carboxylic acids is 3. The molecule has 6 heteroatoms. The van der Waals surface area contributed by atoms with Crippen molar-refractivity contribution in [2.24, 2.45) is 0 Å². The molecule has 0 N–H and O–H groups in total. The average molecular weight is 797 g/mol. The first-order chi connectivity index (χ1) is 28.0. The topological polar surface area (TPSA) is 78.9 Å². The number of ether oxygens (including phenoxy) is 3. The van der Waals surface area contributed by atoms with Gasteiger partial charge in [-0.05, 0) is 64.2 Å². The van der Waals surface area contributed by atoms with Crippen LogP contribution in [0.15, 0.2) is 60.8 Å². The first-order valence-electron chi connectivity index (χ1n) is 23.8. The summed E-state index contributed by atoms with van der Waals surface area (Å²) >= 11 is 0. The van der Waals surface area contributed by atoms with Crippen molar-refractivity contribution in [2.45, 2.75) is 232 Å². The minimum atomic E-state index is -0.781. The Morgan fingerprint density at radius 2 is 0.684 bits per heavy atom. The molecule has 0 aromatic carbocycles. The number of esters is 3. The van der Waals surface area contributed by atoms with E-state index in [-0.39, 0.29) is 31.1 Å². The van der Waals surface area contributed by atoms with Gasteiger partial charge in [0.2, 0.25) is 0 Å². The molecule has 0 aromatic rings. The van der Waals surface area contributed by atoms with Crippen LogP contribution in [0.3, 0.4) is 0 Å². The van der Waals surface area contributed by atoms with Crippen molar-refractivity contribution in [2.75, 3.05) is 13.2 Å². The molecular formula is C51H88O6. The molecule has 0 bridgehead atoms. The summed E-state index contributed by atoms with van der Waals surface area (Å²) in [5.74, 6) is -0.920. The first-order valence-corrected chi connectivity index (χ1v) is 23.8. The number of unbranched alkanes of at least 4 members (excludes halogenated alkanes) is 21. The van der Waals surface area contributed by atoms with Crippen molar-refractivity contribution in [3.63, 3.8) is 0 Å². The second-order valence-corrected chi connectivity index (χ2v) is 15.6. The number of rotatable bonds is 42. The van der Waals surface area contributed by atoms with E-state index in [1.165, 1.54) is 89.9 Å². The van der Waals surface area contributed by atoms with Crippen molar-refractivity contribution < 1.29 is 28.6 Å². The summed E-state index contributed by atoms with van der Waals surface area (Å²) in [6, 6.07) is 0. The van der Waals surface area contributed by atoms with Gasteiger partial charge in [0.05, 0.1) is 0 Å². The lowest BCUT2D eigenvalue weighted by molar-refractivity contribution is -0.167. The van der Waals surface area contributed by atoms with Gasteiger partial charge in [-0.25, -0.2) is 0 Å². The van der Waals surface area contributed by atoms with Crippen LogP contribution >= 0.6 is 0 Å². The van der Waals surface area contributed by atoms with E-state index in [2.05, 4.69) is 81.5 Å². The van der Waals surface area contributed by atoms with E-state index in [4.69, 9.17) is 14.2 Å². The van der Waals surface area contributed by atoms with Crippen LogP contribution in [0.1, 0.15) is 226 Å². The third kappa shape index (κ3) is 44.1. The third-order valence-electron chi connectivity index (χ3n) is 10.0. The average Bonchev–Trinajstić information content (AvgIpc) is 3.21. The van der Waals surface area contributed by atoms with Crippen molar-refractivity contribution in [3.8, 4) is 0 Å². The Labute approximate surface area is 351 Å². The van der Waals surface area contributed by atoms with Crippen LogP contribution in [-0.4, -0.2) is 37.2 Å². The molecule has 0 aliphatic carbocycles. The minimum absolute atomic E-state index is 0.0828. The fourth-order valence-electron chi connectivity index (χ4n) is 6.47. The summed E-state index contributed by atoms with van der Waals surface area (Å²) in [5.41, 5.74) is 0. The second-order valence-electron chi connectivity index (χ2n) is 15.6. The Hall–Kier alpha value is -2.89. The Kier molecular flexibility index (Phi) is 43.5. The standard InChI is InChI=1S/C51H88O6/c1-4-7-10-13-16-19-21-23-24-25-26-27-28-29-31-32-35-38-41-44-50(53)56-47-48(46-55-49(52)43-40-37-34-18-15-12-9-6-3)57-51(54)45-42-39-36-33-30-22-20-17-14-11-8-5-2/h7,10,16,19,23-24,26-27,29,31,48H,4-6,8-9,11-15,17-18,20-22,25,28,30,32-47H2,1-3H3/b10-7-,19-16-,24-23-,27-26-,31-29-. The number of hydrogen-bond acceptors (Lipinski definition) is 6. The normalized spacial score (nSPS) is 12.5. The van der Waals surface area contributed by atoms with Crippen LogP contribution < -0.4 is 0 Å². The smallest absolute Gasteiger partial charge is 0.306 e. The minimum Gasteiger partial charge on any atom is -0.462 e. The molecule has 0 radical (unpaired) electrons. The maximum atomic E-state index is 12.7. The number of carbonyl (C=O) groups is 3. The van der Waals surface area contributed by atoms with Gasteiger partial charge in [-0.2, -0.15) is 0 Å². The highest BCUT2D eigenvalue weighted by Gasteiger charge is 2.19. The Morgan fingerprint density at radius 1 is 0.368 bits per heavy atom. The van der Waals surface area contributed by atoms with Gasteiger partial charge < -0.3 is 14.2 Å². The molecule has 0 spiro atoms. The maximum absolute atomic E-state index is 12.7. The zero-order valence-electron chi connectivity index (χ0n) is 37.3. The molecule has 0 saturated carbocycles. The van der Waals surface area contributed by atoms with Crippen molar-refractivity contribution in [1.29, 1.82) is 0 Å². The van der Waals surface area contributed by atoms with Gasteiger partial charge in [0.15, 0.2) is 6.10 Å². The van der Waals surface area contributed by atoms with Crippen molar-refractivity contribution in [1.82, 2.24) is 0 Å². The summed E-state index contributed by atoms with van der Waals surface area (Å²) in [6.45, 7) is 6.46. The molecule has 0 amide bonds.